The zero-order valence-corrected chi connectivity index (χ0v) is 11.3. The number of aryl methyl sites for hydroxylation is 1. The second kappa shape index (κ2) is 6.34. The predicted molar refractivity (Wildman–Crippen MR) is 72.3 cm³/mol. The Balaban J connectivity index is 1.70. The summed E-state index contributed by atoms with van der Waals surface area (Å²) in [5.74, 6) is 0.817. The number of hydrogen-bond donors (Lipinski definition) is 2. The minimum atomic E-state index is -0.0125. The maximum Gasteiger partial charge on any atom is 0.0945 e. The summed E-state index contributed by atoms with van der Waals surface area (Å²) in [6, 6.07) is 0. The molecule has 1 saturated carbocycles. The number of nitrogens with one attached hydrogen (secondary N) is 1. The third kappa shape index (κ3) is 3.56. The summed E-state index contributed by atoms with van der Waals surface area (Å²) in [6.07, 6.45) is 11.4. The third-order valence-corrected chi connectivity index (χ3v) is 4.19. The lowest BCUT2D eigenvalue weighted by molar-refractivity contribution is 0.105. The van der Waals surface area contributed by atoms with Crippen molar-refractivity contribution in [2.24, 2.45) is 5.92 Å². The van der Waals surface area contributed by atoms with Crippen LogP contribution in [0.1, 0.15) is 39.0 Å². The molecule has 2 rings (SSSR count). The molecule has 0 atom stereocenters. The van der Waals surface area contributed by atoms with Crippen LogP contribution in [0.2, 0.25) is 0 Å². The molecule has 102 valence electrons. The highest BCUT2D eigenvalue weighted by Gasteiger charge is 2.32. The highest BCUT2D eigenvalue weighted by Crippen LogP contribution is 2.31. The van der Waals surface area contributed by atoms with Crippen molar-refractivity contribution < 1.29 is 5.11 Å². The SMILES string of the molecule is CC1CCC(CO)(NCCCn2ccnc2)CC1. The molecule has 0 aromatic carbocycles. The van der Waals surface area contributed by atoms with E-state index in [9.17, 15) is 5.11 Å². The van der Waals surface area contributed by atoms with Gasteiger partial charge in [-0.2, -0.15) is 0 Å². The van der Waals surface area contributed by atoms with E-state index in [4.69, 9.17) is 0 Å². The van der Waals surface area contributed by atoms with Crippen LogP contribution in [0.3, 0.4) is 0 Å². The van der Waals surface area contributed by atoms with Crippen LogP contribution in [0.5, 0.6) is 0 Å². The smallest absolute Gasteiger partial charge is 0.0945 e. The van der Waals surface area contributed by atoms with Crippen LogP contribution in [0, 0.1) is 5.92 Å². The molecule has 0 radical (unpaired) electrons. The lowest BCUT2D eigenvalue weighted by atomic mass is 9.77. The standard InChI is InChI=1S/C14H25N3O/c1-13-3-5-14(11-18,6-4-13)16-7-2-9-17-10-8-15-12-17/h8,10,12-13,16,18H,2-7,9,11H2,1H3. The quantitative estimate of drug-likeness (QED) is 0.758. The third-order valence-electron chi connectivity index (χ3n) is 4.19. The number of aliphatic hydroxyl groups is 1. The van der Waals surface area contributed by atoms with E-state index < -0.39 is 0 Å². The molecule has 0 saturated heterocycles. The van der Waals surface area contributed by atoms with E-state index in [0.717, 1.165) is 38.3 Å². The van der Waals surface area contributed by atoms with Crippen molar-refractivity contribution in [2.45, 2.75) is 51.1 Å². The zero-order chi connectivity index (χ0) is 12.8. The summed E-state index contributed by atoms with van der Waals surface area (Å²) in [5, 5.41) is 13.2. The summed E-state index contributed by atoms with van der Waals surface area (Å²) in [4.78, 5) is 4.03. The number of nitrogens with zero attached hydrogens (tertiary/aromatic N) is 2. The van der Waals surface area contributed by atoms with Gasteiger partial charge in [-0.1, -0.05) is 6.92 Å². The predicted octanol–water partition coefficient (Wildman–Crippen LogP) is 1.80. The normalized spacial score (nSPS) is 28.4. The average Bonchev–Trinajstić information content (AvgIpc) is 2.90. The van der Waals surface area contributed by atoms with Gasteiger partial charge in [0, 0.05) is 24.5 Å². The van der Waals surface area contributed by atoms with Gasteiger partial charge in [-0.3, -0.25) is 0 Å². The molecule has 18 heavy (non-hydrogen) atoms. The fourth-order valence-electron chi connectivity index (χ4n) is 2.74. The highest BCUT2D eigenvalue weighted by atomic mass is 16.3. The molecule has 0 amide bonds. The van der Waals surface area contributed by atoms with Gasteiger partial charge in [0.25, 0.3) is 0 Å². The van der Waals surface area contributed by atoms with Crippen molar-refractivity contribution in [2.75, 3.05) is 13.2 Å². The largest absolute Gasteiger partial charge is 0.394 e. The molecule has 0 bridgehead atoms. The Morgan fingerprint density at radius 3 is 2.83 bits per heavy atom. The Morgan fingerprint density at radius 2 is 2.22 bits per heavy atom. The number of aliphatic hydroxyl groups excluding tert-OH is 1. The molecule has 4 nitrogen and oxygen atoms in total. The summed E-state index contributed by atoms with van der Waals surface area (Å²) in [7, 11) is 0. The van der Waals surface area contributed by atoms with Crippen molar-refractivity contribution in [1.29, 1.82) is 0 Å². The molecular weight excluding hydrogens is 226 g/mol. The van der Waals surface area contributed by atoms with Crippen molar-refractivity contribution in [3.8, 4) is 0 Å². The van der Waals surface area contributed by atoms with E-state index in [1.807, 2.05) is 18.7 Å². The molecule has 1 aromatic heterocycles. The van der Waals surface area contributed by atoms with Crippen LogP contribution < -0.4 is 5.32 Å². The molecule has 1 aliphatic rings. The molecule has 1 aliphatic carbocycles. The molecule has 1 heterocycles. The molecule has 0 unspecified atom stereocenters. The van der Waals surface area contributed by atoms with Crippen LogP contribution in [0.25, 0.3) is 0 Å². The Kier molecular flexibility index (Phi) is 4.78. The maximum absolute atomic E-state index is 9.63. The first-order valence-electron chi connectivity index (χ1n) is 7.06. The molecule has 2 N–H and O–H groups in total. The van der Waals surface area contributed by atoms with Crippen LogP contribution in [-0.4, -0.2) is 33.3 Å². The van der Waals surface area contributed by atoms with Crippen molar-refractivity contribution in [3.63, 3.8) is 0 Å². The van der Waals surface area contributed by atoms with Gasteiger partial charge in [0.05, 0.1) is 12.9 Å². The average molecular weight is 251 g/mol. The molecule has 4 heteroatoms. The summed E-state index contributed by atoms with van der Waals surface area (Å²) < 4.78 is 2.09. The molecule has 1 aromatic rings. The van der Waals surface area contributed by atoms with Gasteiger partial charge in [0.1, 0.15) is 0 Å². The van der Waals surface area contributed by atoms with Crippen LogP contribution in [0.4, 0.5) is 0 Å². The van der Waals surface area contributed by atoms with E-state index in [2.05, 4.69) is 21.8 Å². The number of aromatic nitrogens is 2. The first-order chi connectivity index (χ1) is 8.74. The Labute approximate surface area is 109 Å². The first-order valence-corrected chi connectivity index (χ1v) is 7.06. The van der Waals surface area contributed by atoms with Gasteiger partial charge in [-0.15, -0.1) is 0 Å². The van der Waals surface area contributed by atoms with E-state index in [1.54, 1.807) is 0 Å². The molecule has 0 aliphatic heterocycles. The molecular formula is C14H25N3O. The van der Waals surface area contributed by atoms with Gasteiger partial charge >= 0.3 is 0 Å². The van der Waals surface area contributed by atoms with E-state index in [-0.39, 0.29) is 12.1 Å². The topological polar surface area (TPSA) is 50.1 Å². The zero-order valence-electron chi connectivity index (χ0n) is 11.3. The van der Waals surface area contributed by atoms with Crippen molar-refractivity contribution in [3.05, 3.63) is 18.7 Å². The van der Waals surface area contributed by atoms with Gasteiger partial charge in [0.2, 0.25) is 0 Å². The van der Waals surface area contributed by atoms with Gasteiger partial charge in [-0.25, -0.2) is 4.98 Å². The van der Waals surface area contributed by atoms with Crippen LogP contribution in [0.15, 0.2) is 18.7 Å². The highest BCUT2D eigenvalue weighted by molar-refractivity contribution is 4.91. The fourth-order valence-corrected chi connectivity index (χ4v) is 2.74. The monoisotopic (exact) mass is 251 g/mol. The second-order valence-corrected chi connectivity index (χ2v) is 5.70. The number of imidazole rings is 1. The summed E-state index contributed by atoms with van der Waals surface area (Å²) in [6.45, 7) is 4.53. The fraction of sp³-hybridized carbons (Fsp3) is 0.786. The Morgan fingerprint density at radius 1 is 1.44 bits per heavy atom. The summed E-state index contributed by atoms with van der Waals surface area (Å²) >= 11 is 0. The second-order valence-electron chi connectivity index (χ2n) is 5.70. The summed E-state index contributed by atoms with van der Waals surface area (Å²) in [5.41, 5.74) is -0.0125. The van der Waals surface area contributed by atoms with Crippen LogP contribution in [-0.2, 0) is 6.54 Å². The number of rotatable bonds is 6. The van der Waals surface area contributed by atoms with Gasteiger partial charge in [0.15, 0.2) is 0 Å². The van der Waals surface area contributed by atoms with Crippen LogP contribution >= 0.6 is 0 Å². The minimum absolute atomic E-state index is 0.0125. The lowest BCUT2D eigenvalue weighted by Crippen LogP contribution is -2.51. The Bertz CT molecular complexity index is 329. The first kappa shape index (κ1) is 13.6. The maximum atomic E-state index is 9.63. The van der Waals surface area contributed by atoms with E-state index in [0.29, 0.717) is 0 Å². The van der Waals surface area contributed by atoms with Gasteiger partial charge < -0.3 is 15.0 Å². The number of hydrogen-bond acceptors (Lipinski definition) is 3. The Hall–Kier alpha value is -0.870. The minimum Gasteiger partial charge on any atom is -0.394 e. The van der Waals surface area contributed by atoms with Gasteiger partial charge in [-0.05, 0) is 44.6 Å². The van der Waals surface area contributed by atoms with Crippen molar-refractivity contribution >= 4 is 0 Å². The van der Waals surface area contributed by atoms with E-state index >= 15 is 0 Å². The van der Waals surface area contributed by atoms with E-state index in [1.165, 1.54) is 12.8 Å². The van der Waals surface area contributed by atoms with Crippen molar-refractivity contribution in [1.82, 2.24) is 14.9 Å². The lowest BCUT2D eigenvalue weighted by Gasteiger charge is -2.39. The molecule has 1 fully saturated rings. The molecule has 0 spiro atoms.